The second-order valence-corrected chi connectivity index (χ2v) is 4.98. The molecule has 0 unspecified atom stereocenters. The maximum atomic E-state index is 11.9. The number of carbonyl (C=O) groups excluding carboxylic acids is 1. The second-order valence-electron chi connectivity index (χ2n) is 4.98. The van der Waals surface area contributed by atoms with Crippen molar-refractivity contribution in [1.82, 2.24) is 4.90 Å². The summed E-state index contributed by atoms with van der Waals surface area (Å²) in [4.78, 5) is 24.1. The van der Waals surface area contributed by atoms with Crippen molar-refractivity contribution in [2.24, 2.45) is 5.92 Å². The van der Waals surface area contributed by atoms with E-state index in [1.807, 2.05) is 0 Å². The van der Waals surface area contributed by atoms with Gasteiger partial charge in [0.25, 0.3) is 0 Å². The van der Waals surface area contributed by atoms with E-state index in [0.29, 0.717) is 6.42 Å². The minimum absolute atomic E-state index is 0.0387. The first-order valence-corrected chi connectivity index (χ1v) is 6.18. The standard InChI is InChI=1S/C12H19NO3/c14-11(7-4-9-2-1-3-9)13(8-12(15)16)10-5-6-10/h9-10H,1-8H2,(H,15,16). The summed E-state index contributed by atoms with van der Waals surface area (Å²) in [5.41, 5.74) is 0. The van der Waals surface area contributed by atoms with E-state index in [2.05, 4.69) is 0 Å². The molecule has 0 aliphatic heterocycles. The lowest BCUT2D eigenvalue weighted by atomic mass is 9.82. The molecule has 2 saturated carbocycles. The number of hydrogen-bond donors (Lipinski definition) is 1. The van der Waals surface area contributed by atoms with Gasteiger partial charge in [-0.2, -0.15) is 0 Å². The zero-order valence-corrected chi connectivity index (χ0v) is 9.52. The first kappa shape index (κ1) is 11.4. The van der Waals surface area contributed by atoms with Gasteiger partial charge >= 0.3 is 5.97 Å². The summed E-state index contributed by atoms with van der Waals surface area (Å²) in [5.74, 6) is -0.143. The normalized spacial score (nSPS) is 20.2. The zero-order chi connectivity index (χ0) is 11.5. The molecule has 2 aliphatic rings. The van der Waals surface area contributed by atoms with Crippen LogP contribution in [0, 0.1) is 5.92 Å². The average Bonchev–Trinajstić information content (AvgIpc) is 2.94. The fraction of sp³-hybridized carbons (Fsp3) is 0.833. The molecule has 1 N–H and O–H groups in total. The van der Waals surface area contributed by atoms with E-state index in [1.165, 1.54) is 19.3 Å². The Bertz CT molecular complexity index is 282. The fourth-order valence-electron chi connectivity index (χ4n) is 2.21. The van der Waals surface area contributed by atoms with E-state index in [9.17, 15) is 9.59 Å². The zero-order valence-electron chi connectivity index (χ0n) is 9.52. The molecule has 0 radical (unpaired) electrons. The van der Waals surface area contributed by atoms with Gasteiger partial charge in [-0.25, -0.2) is 0 Å². The van der Waals surface area contributed by atoms with E-state index in [4.69, 9.17) is 5.11 Å². The molecule has 0 atom stereocenters. The molecule has 16 heavy (non-hydrogen) atoms. The predicted molar refractivity (Wildman–Crippen MR) is 58.9 cm³/mol. The van der Waals surface area contributed by atoms with Crippen molar-refractivity contribution in [2.45, 2.75) is 51.0 Å². The minimum atomic E-state index is -0.899. The van der Waals surface area contributed by atoms with Gasteiger partial charge in [0.2, 0.25) is 5.91 Å². The van der Waals surface area contributed by atoms with Crippen molar-refractivity contribution in [1.29, 1.82) is 0 Å². The van der Waals surface area contributed by atoms with Crippen LogP contribution in [0.1, 0.15) is 44.9 Å². The lowest BCUT2D eigenvalue weighted by molar-refractivity contribution is -0.145. The van der Waals surface area contributed by atoms with Gasteiger partial charge in [-0.15, -0.1) is 0 Å². The van der Waals surface area contributed by atoms with Crippen LogP contribution in [0.15, 0.2) is 0 Å². The van der Waals surface area contributed by atoms with Crippen LogP contribution in [0.25, 0.3) is 0 Å². The molecule has 0 bridgehead atoms. The third-order valence-corrected chi connectivity index (χ3v) is 3.60. The highest BCUT2D eigenvalue weighted by Gasteiger charge is 2.33. The van der Waals surface area contributed by atoms with Crippen molar-refractivity contribution in [2.75, 3.05) is 6.54 Å². The lowest BCUT2D eigenvalue weighted by Crippen LogP contribution is -2.37. The van der Waals surface area contributed by atoms with E-state index in [0.717, 1.165) is 25.2 Å². The molecule has 2 aliphatic carbocycles. The molecule has 90 valence electrons. The molecular formula is C12H19NO3. The van der Waals surface area contributed by atoms with Gasteiger partial charge in [0.15, 0.2) is 0 Å². The van der Waals surface area contributed by atoms with Crippen LogP contribution in [0.5, 0.6) is 0 Å². The SMILES string of the molecule is O=C(O)CN(C(=O)CCC1CCC1)C1CC1. The summed E-state index contributed by atoms with van der Waals surface area (Å²) in [6.45, 7) is -0.117. The molecule has 4 heteroatoms. The molecular weight excluding hydrogens is 206 g/mol. The summed E-state index contributed by atoms with van der Waals surface area (Å²) >= 11 is 0. The lowest BCUT2D eigenvalue weighted by Gasteiger charge is -2.26. The van der Waals surface area contributed by atoms with Crippen LogP contribution in [0.2, 0.25) is 0 Å². The van der Waals surface area contributed by atoms with Gasteiger partial charge < -0.3 is 10.0 Å². The van der Waals surface area contributed by atoms with Crippen molar-refractivity contribution >= 4 is 11.9 Å². The number of nitrogens with zero attached hydrogens (tertiary/aromatic N) is 1. The summed E-state index contributed by atoms with van der Waals surface area (Å²) < 4.78 is 0. The molecule has 2 rings (SSSR count). The van der Waals surface area contributed by atoms with Crippen LogP contribution in [-0.4, -0.2) is 34.5 Å². The average molecular weight is 225 g/mol. The Morgan fingerprint density at radius 1 is 1.19 bits per heavy atom. The molecule has 0 heterocycles. The Hall–Kier alpha value is -1.06. The van der Waals surface area contributed by atoms with Crippen molar-refractivity contribution < 1.29 is 14.7 Å². The number of carboxylic acids is 1. The van der Waals surface area contributed by atoms with Crippen LogP contribution in [0.3, 0.4) is 0 Å². The van der Waals surface area contributed by atoms with Gasteiger partial charge in [-0.05, 0) is 25.2 Å². The van der Waals surface area contributed by atoms with Crippen molar-refractivity contribution in [3.8, 4) is 0 Å². The Morgan fingerprint density at radius 2 is 1.88 bits per heavy atom. The predicted octanol–water partition coefficient (Wildman–Crippen LogP) is 1.64. The van der Waals surface area contributed by atoms with E-state index < -0.39 is 5.97 Å². The Kier molecular flexibility index (Phi) is 3.46. The van der Waals surface area contributed by atoms with Gasteiger partial charge in [-0.1, -0.05) is 19.3 Å². The van der Waals surface area contributed by atoms with Crippen LogP contribution in [0.4, 0.5) is 0 Å². The van der Waals surface area contributed by atoms with Crippen molar-refractivity contribution in [3.05, 3.63) is 0 Å². The topological polar surface area (TPSA) is 57.6 Å². The van der Waals surface area contributed by atoms with Crippen LogP contribution in [-0.2, 0) is 9.59 Å². The third kappa shape index (κ3) is 2.97. The Balaban J connectivity index is 1.76. The number of hydrogen-bond acceptors (Lipinski definition) is 2. The second kappa shape index (κ2) is 4.85. The largest absolute Gasteiger partial charge is 0.480 e. The molecule has 2 fully saturated rings. The first-order valence-electron chi connectivity index (χ1n) is 6.18. The maximum absolute atomic E-state index is 11.9. The van der Waals surface area contributed by atoms with Gasteiger partial charge in [0.05, 0.1) is 0 Å². The molecule has 1 amide bonds. The van der Waals surface area contributed by atoms with Crippen LogP contribution < -0.4 is 0 Å². The summed E-state index contributed by atoms with van der Waals surface area (Å²) in [7, 11) is 0. The number of aliphatic carboxylic acids is 1. The minimum Gasteiger partial charge on any atom is -0.480 e. The monoisotopic (exact) mass is 225 g/mol. The summed E-state index contributed by atoms with van der Waals surface area (Å²) in [5, 5.41) is 8.75. The summed E-state index contributed by atoms with van der Waals surface area (Å²) in [6, 6.07) is 0.213. The highest BCUT2D eigenvalue weighted by atomic mass is 16.4. The first-order chi connectivity index (χ1) is 7.66. The van der Waals surface area contributed by atoms with E-state index in [-0.39, 0.29) is 18.5 Å². The molecule has 0 spiro atoms. The number of carboxylic acid groups (broad SMARTS) is 1. The van der Waals surface area contributed by atoms with Crippen molar-refractivity contribution in [3.63, 3.8) is 0 Å². The highest BCUT2D eigenvalue weighted by molar-refractivity contribution is 5.81. The molecule has 0 saturated heterocycles. The number of carbonyl (C=O) groups is 2. The van der Waals surface area contributed by atoms with Gasteiger partial charge in [-0.3, -0.25) is 9.59 Å². The molecule has 0 aromatic heterocycles. The smallest absolute Gasteiger partial charge is 0.323 e. The van der Waals surface area contributed by atoms with Gasteiger partial charge in [0, 0.05) is 12.5 Å². The Morgan fingerprint density at radius 3 is 2.31 bits per heavy atom. The molecule has 0 aromatic carbocycles. The van der Waals surface area contributed by atoms with Crippen LogP contribution >= 0.6 is 0 Å². The maximum Gasteiger partial charge on any atom is 0.323 e. The fourth-order valence-corrected chi connectivity index (χ4v) is 2.21. The quantitative estimate of drug-likeness (QED) is 0.747. The highest BCUT2D eigenvalue weighted by Crippen LogP contribution is 2.32. The number of rotatable bonds is 6. The molecule has 4 nitrogen and oxygen atoms in total. The number of amides is 1. The Labute approximate surface area is 95.6 Å². The van der Waals surface area contributed by atoms with E-state index >= 15 is 0 Å². The van der Waals surface area contributed by atoms with Gasteiger partial charge in [0.1, 0.15) is 6.54 Å². The molecule has 0 aromatic rings. The third-order valence-electron chi connectivity index (χ3n) is 3.60. The van der Waals surface area contributed by atoms with E-state index in [1.54, 1.807) is 4.90 Å². The summed E-state index contributed by atoms with van der Waals surface area (Å²) in [6.07, 6.45) is 7.21.